The smallest absolute Gasteiger partial charge is 0.341 e. The average Bonchev–Trinajstić information content (AvgIpc) is 2.92. The van der Waals surface area contributed by atoms with Crippen LogP contribution in [0.3, 0.4) is 0 Å². The minimum Gasteiger partial charge on any atom is -0.467 e. The minimum absolute atomic E-state index is 0.0882. The number of nitriles is 4. The van der Waals surface area contributed by atoms with Crippen molar-refractivity contribution in [1.82, 2.24) is 0 Å². The lowest BCUT2D eigenvalue weighted by Gasteiger charge is -2.36. The molecule has 0 radical (unpaired) electrons. The number of carbonyl (C=O) groups excluding carboxylic acids is 1. The molecule has 0 fully saturated rings. The lowest BCUT2D eigenvalue weighted by atomic mass is 9.56. The summed E-state index contributed by atoms with van der Waals surface area (Å²) < 4.78 is 4.76. The summed E-state index contributed by atoms with van der Waals surface area (Å²) in [6.45, 7) is 1.26. The standard InChI is InChI=1S/C17H10N6O4/c1-11-15(7-18,8-19)16(9-20,10-21)17(22-11,14(24)27-2)12-3-5-13(6-4-12)23(25)26/h3-6H,1-2H3. The first-order valence-corrected chi connectivity index (χ1v) is 7.32. The van der Waals surface area contributed by atoms with Gasteiger partial charge in [-0.1, -0.05) is 0 Å². The van der Waals surface area contributed by atoms with Crippen LogP contribution in [0.2, 0.25) is 0 Å². The number of esters is 1. The van der Waals surface area contributed by atoms with Crippen LogP contribution in [0.4, 0.5) is 5.69 Å². The molecule has 27 heavy (non-hydrogen) atoms. The van der Waals surface area contributed by atoms with Gasteiger partial charge in [-0.25, -0.2) is 4.79 Å². The second-order valence-corrected chi connectivity index (χ2v) is 5.65. The molecule has 1 unspecified atom stereocenters. The normalized spacial score (nSPS) is 21.5. The number of aliphatic imine (C=N–C) groups is 1. The summed E-state index contributed by atoms with van der Waals surface area (Å²) in [6.07, 6.45) is 0. The van der Waals surface area contributed by atoms with Crippen LogP contribution in [0.5, 0.6) is 0 Å². The Morgan fingerprint density at radius 1 is 1.11 bits per heavy atom. The number of methoxy groups -OCH3 is 1. The van der Waals surface area contributed by atoms with Gasteiger partial charge in [-0.05, 0) is 24.6 Å². The molecule has 1 atom stereocenters. The lowest BCUT2D eigenvalue weighted by Crippen LogP contribution is -2.54. The fourth-order valence-corrected chi connectivity index (χ4v) is 3.24. The first-order chi connectivity index (χ1) is 12.8. The minimum atomic E-state index is -2.57. The molecule has 0 N–H and O–H groups in total. The van der Waals surface area contributed by atoms with E-state index in [4.69, 9.17) is 4.74 Å². The van der Waals surface area contributed by atoms with E-state index in [1.54, 1.807) is 24.3 Å². The molecule has 10 heteroatoms. The largest absolute Gasteiger partial charge is 0.467 e. The third kappa shape index (κ3) is 2.02. The zero-order chi connectivity index (χ0) is 20.5. The third-order valence-corrected chi connectivity index (χ3v) is 4.63. The van der Waals surface area contributed by atoms with Crippen molar-refractivity contribution in [1.29, 1.82) is 21.0 Å². The van der Waals surface area contributed by atoms with Crippen molar-refractivity contribution in [3.05, 3.63) is 39.9 Å². The van der Waals surface area contributed by atoms with E-state index in [0.29, 0.717) is 0 Å². The number of benzene rings is 1. The fraction of sp³-hybridized carbons (Fsp3) is 0.294. The predicted molar refractivity (Wildman–Crippen MR) is 87.2 cm³/mol. The van der Waals surface area contributed by atoms with Crippen molar-refractivity contribution in [3.63, 3.8) is 0 Å². The molecule has 1 aromatic carbocycles. The lowest BCUT2D eigenvalue weighted by molar-refractivity contribution is -0.384. The van der Waals surface area contributed by atoms with Crippen LogP contribution in [0.25, 0.3) is 0 Å². The highest BCUT2D eigenvalue weighted by molar-refractivity contribution is 6.04. The van der Waals surface area contributed by atoms with Crippen molar-refractivity contribution in [2.24, 2.45) is 15.8 Å². The SMILES string of the molecule is COC(=O)C1(c2ccc([N+](=O)[O-])cc2)N=C(C)C(C#N)(C#N)C1(C#N)C#N. The van der Waals surface area contributed by atoms with E-state index < -0.39 is 27.3 Å². The summed E-state index contributed by atoms with van der Waals surface area (Å²) >= 11 is 0. The zero-order valence-corrected chi connectivity index (χ0v) is 14.1. The van der Waals surface area contributed by atoms with Gasteiger partial charge in [-0.15, -0.1) is 0 Å². The van der Waals surface area contributed by atoms with E-state index in [1.165, 1.54) is 6.92 Å². The molecule has 0 saturated heterocycles. The summed E-state index contributed by atoms with van der Waals surface area (Å²) in [5, 5.41) is 49.9. The topological polar surface area (TPSA) is 177 Å². The summed E-state index contributed by atoms with van der Waals surface area (Å²) in [6, 6.07) is 11.0. The molecule has 2 rings (SSSR count). The highest BCUT2D eigenvalue weighted by Gasteiger charge is 2.76. The number of non-ortho nitro benzene ring substituents is 1. The van der Waals surface area contributed by atoms with Crippen LogP contribution in [-0.2, 0) is 15.1 Å². The van der Waals surface area contributed by atoms with Gasteiger partial charge in [0.25, 0.3) is 5.69 Å². The van der Waals surface area contributed by atoms with Crippen LogP contribution < -0.4 is 0 Å². The van der Waals surface area contributed by atoms with Crippen molar-refractivity contribution >= 4 is 17.4 Å². The monoisotopic (exact) mass is 362 g/mol. The fourth-order valence-electron chi connectivity index (χ4n) is 3.24. The molecule has 0 saturated carbocycles. The number of ether oxygens (including phenoxy) is 1. The maximum Gasteiger partial charge on any atom is 0.341 e. The molecule has 10 nitrogen and oxygen atoms in total. The van der Waals surface area contributed by atoms with Crippen molar-refractivity contribution < 1.29 is 14.5 Å². The van der Waals surface area contributed by atoms with E-state index >= 15 is 0 Å². The van der Waals surface area contributed by atoms with Gasteiger partial charge >= 0.3 is 5.97 Å². The van der Waals surface area contributed by atoms with Crippen molar-refractivity contribution in [3.8, 4) is 24.3 Å². The molecule has 0 aromatic heterocycles. The first-order valence-electron chi connectivity index (χ1n) is 7.32. The van der Waals surface area contributed by atoms with Gasteiger partial charge in [-0.2, -0.15) is 21.0 Å². The molecule has 0 spiro atoms. The number of carbonyl (C=O) groups is 1. The second-order valence-electron chi connectivity index (χ2n) is 5.65. The second kappa shape index (κ2) is 6.22. The van der Waals surface area contributed by atoms with Gasteiger partial charge in [0.15, 0.2) is 0 Å². The molecule has 1 aliphatic heterocycles. The van der Waals surface area contributed by atoms with Crippen LogP contribution >= 0.6 is 0 Å². The Morgan fingerprint density at radius 3 is 2.00 bits per heavy atom. The quantitative estimate of drug-likeness (QED) is 0.441. The third-order valence-electron chi connectivity index (χ3n) is 4.63. The molecular weight excluding hydrogens is 352 g/mol. The molecule has 0 amide bonds. The number of nitro benzene ring substituents is 1. The molecular formula is C17H10N6O4. The number of hydrogen-bond acceptors (Lipinski definition) is 9. The molecule has 1 aromatic rings. The Morgan fingerprint density at radius 2 is 1.63 bits per heavy atom. The maximum absolute atomic E-state index is 12.8. The van der Waals surface area contributed by atoms with E-state index in [0.717, 1.165) is 31.4 Å². The summed E-state index contributed by atoms with van der Waals surface area (Å²) in [5.74, 6) is -1.15. The Labute approximate surface area is 153 Å². The summed E-state index contributed by atoms with van der Waals surface area (Å²) in [5.41, 5.74) is -7.88. The van der Waals surface area contributed by atoms with Crippen LogP contribution in [0, 0.1) is 66.3 Å². The summed E-state index contributed by atoms with van der Waals surface area (Å²) in [7, 11) is 0.999. The highest BCUT2D eigenvalue weighted by atomic mass is 16.6. The van der Waals surface area contributed by atoms with Gasteiger partial charge in [0.05, 0.1) is 36.3 Å². The van der Waals surface area contributed by atoms with Crippen molar-refractivity contribution in [2.45, 2.75) is 12.5 Å². The summed E-state index contributed by atoms with van der Waals surface area (Å²) in [4.78, 5) is 27.1. The Bertz CT molecular complexity index is 1000. The number of nitrogens with zero attached hydrogens (tertiary/aromatic N) is 6. The predicted octanol–water partition coefficient (Wildman–Crippen LogP) is 1.50. The number of rotatable bonds is 3. The molecule has 0 aliphatic carbocycles. The van der Waals surface area contributed by atoms with E-state index in [-0.39, 0.29) is 17.0 Å². The molecule has 132 valence electrons. The van der Waals surface area contributed by atoms with Crippen LogP contribution in [0.15, 0.2) is 29.3 Å². The van der Waals surface area contributed by atoms with Crippen LogP contribution in [-0.4, -0.2) is 23.7 Å². The average molecular weight is 362 g/mol. The Balaban J connectivity index is 3.00. The number of hydrogen-bond donors (Lipinski definition) is 0. The van der Waals surface area contributed by atoms with E-state index in [1.807, 2.05) is 0 Å². The number of nitro groups is 1. The molecule has 1 aliphatic rings. The highest BCUT2D eigenvalue weighted by Crippen LogP contribution is 2.59. The van der Waals surface area contributed by atoms with E-state index in [9.17, 15) is 36.0 Å². The van der Waals surface area contributed by atoms with Gasteiger partial charge in [0.1, 0.15) is 0 Å². The maximum atomic E-state index is 12.8. The van der Waals surface area contributed by atoms with E-state index in [2.05, 4.69) is 4.99 Å². The van der Waals surface area contributed by atoms with Gasteiger partial charge in [0, 0.05) is 17.8 Å². The Hall–Kier alpha value is -4.28. The molecule has 1 heterocycles. The first kappa shape index (κ1) is 19.1. The van der Waals surface area contributed by atoms with Crippen molar-refractivity contribution in [2.75, 3.05) is 7.11 Å². The van der Waals surface area contributed by atoms with Gasteiger partial charge in [0.2, 0.25) is 16.4 Å². The molecule has 0 bridgehead atoms. The zero-order valence-electron chi connectivity index (χ0n) is 14.1. The Kier molecular flexibility index (Phi) is 4.39. The van der Waals surface area contributed by atoms with Gasteiger partial charge < -0.3 is 4.74 Å². The van der Waals surface area contributed by atoms with Gasteiger partial charge in [-0.3, -0.25) is 15.1 Å². The van der Waals surface area contributed by atoms with Crippen LogP contribution in [0.1, 0.15) is 12.5 Å².